The van der Waals surface area contributed by atoms with E-state index in [9.17, 15) is 10.1 Å². The van der Waals surface area contributed by atoms with Crippen LogP contribution in [-0.4, -0.2) is 21.4 Å². The van der Waals surface area contributed by atoms with E-state index in [-0.39, 0.29) is 5.69 Å². The summed E-state index contributed by atoms with van der Waals surface area (Å²) < 4.78 is 0. The predicted molar refractivity (Wildman–Crippen MR) is 76.7 cm³/mol. The molecule has 6 heteroatoms. The van der Waals surface area contributed by atoms with Crippen LogP contribution >= 0.6 is 0 Å². The fourth-order valence-corrected chi connectivity index (χ4v) is 1.73. The smallest absolute Gasteiger partial charge is 0.269 e. The lowest BCUT2D eigenvalue weighted by molar-refractivity contribution is -0.384. The SMILES string of the molecule is CCc1cnc(NCCc2ccc([N+](=O)[O-])cc2)nc1. The number of non-ortho nitro benzene ring substituents is 1. The van der Waals surface area contributed by atoms with Crippen LogP contribution in [0.25, 0.3) is 0 Å². The molecule has 104 valence electrons. The molecule has 2 rings (SSSR count). The molecule has 20 heavy (non-hydrogen) atoms. The Hall–Kier alpha value is -2.50. The number of hydrogen-bond acceptors (Lipinski definition) is 5. The van der Waals surface area contributed by atoms with Crippen LogP contribution in [0.1, 0.15) is 18.1 Å². The molecule has 0 radical (unpaired) electrons. The first-order valence-electron chi connectivity index (χ1n) is 6.47. The molecule has 0 aliphatic carbocycles. The molecular formula is C14H16N4O2. The van der Waals surface area contributed by atoms with Gasteiger partial charge in [0.25, 0.3) is 5.69 Å². The lowest BCUT2D eigenvalue weighted by Crippen LogP contribution is -2.08. The lowest BCUT2D eigenvalue weighted by atomic mass is 10.1. The van der Waals surface area contributed by atoms with Crippen molar-refractivity contribution in [2.24, 2.45) is 0 Å². The highest BCUT2D eigenvalue weighted by atomic mass is 16.6. The fraction of sp³-hybridized carbons (Fsp3) is 0.286. The van der Waals surface area contributed by atoms with Crippen LogP contribution < -0.4 is 5.32 Å². The topological polar surface area (TPSA) is 81.0 Å². The molecule has 1 aromatic heterocycles. The number of nitrogens with one attached hydrogen (secondary N) is 1. The summed E-state index contributed by atoms with van der Waals surface area (Å²) >= 11 is 0. The van der Waals surface area contributed by atoms with Crippen molar-refractivity contribution in [1.29, 1.82) is 0 Å². The van der Waals surface area contributed by atoms with Gasteiger partial charge in [-0.2, -0.15) is 0 Å². The number of benzene rings is 1. The first-order valence-corrected chi connectivity index (χ1v) is 6.47. The summed E-state index contributed by atoms with van der Waals surface area (Å²) in [4.78, 5) is 18.6. The molecule has 0 fully saturated rings. The third-order valence-electron chi connectivity index (χ3n) is 2.96. The van der Waals surface area contributed by atoms with Gasteiger partial charge in [0, 0.05) is 31.1 Å². The molecule has 0 unspecified atom stereocenters. The number of nitro groups is 1. The van der Waals surface area contributed by atoms with Gasteiger partial charge in [-0.25, -0.2) is 9.97 Å². The zero-order chi connectivity index (χ0) is 14.4. The summed E-state index contributed by atoms with van der Waals surface area (Å²) in [6.07, 6.45) is 5.29. The monoisotopic (exact) mass is 272 g/mol. The average Bonchev–Trinajstić information content (AvgIpc) is 2.48. The highest BCUT2D eigenvalue weighted by Crippen LogP contribution is 2.12. The highest BCUT2D eigenvalue weighted by molar-refractivity contribution is 5.33. The summed E-state index contributed by atoms with van der Waals surface area (Å²) in [5.41, 5.74) is 2.25. The quantitative estimate of drug-likeness (QED) is 0.645. The van der Waals surface area contributed by atoms with Crippen LogP contribution in [0, 0.1) is 10.1 Å². The van der Waals surface area contributed by atoms with Gasteiger partial charge in [0.1, 0.15) is 0 Å². The minimum atomic E-state index is -0.398. The molecule has 0 aliphatic rings. The molecule has 1 heterocycles. The Balaban J connectivity index is 1.84. The Morgan fingerprint density at radius 1 is 1.15 bits per heavy atom. The molecule has 0 atom stereocenters. The highest BCUT2D eigenvalue weighted by Gasteiger charge is 2.03. The Kier molecular flexibility index (Phi) is 4.60. The van der Waals surface area contributed by atoms with Crippen LogP contribution in [0.15, 0.2) is 36.7 Å². The molecular weight excluding hydrogens is 256 g/mol. The van der Waals surface area contributed by atoms with Crippen molar-refractivity contribution in [3.05, 3.63) is 57.9 Å². The van der Waals surface area contributed by atoms with Gasteiger partial charge in [0.05, 0.1) is 4.92 Å². The number of anilines is 1. The number of hydrogen-bond donors (Lipinski definition) is 1. The normalized spacial score (nSPS) is 10.2. The van der Waals surface area contributed by atoms with Gasteiger partial charge < -0.3 is 5.32 Å². The Morgan fingerprint density at radius 3 is 2.35 bits per heavy atom. The molecule has 0 amide bonds. The maximum Gasteiger partial charge on any atom is 0.269 e. The number of rotatable bonds is 6. The summed E-state index contributed by atoms with van der Waals surface area (Å²) in [7, 11) is 0. The van der Waals surface area contributed by atoms with Crippen LogP contribution in [-0.2, 0) is 12.8 Å². The summed E-state index contributed by atoms with van der Waals surface area (Å²) in [5, 5.41) is 13.7. The van der Waals surface area contributed by atoms with E-state index in [1.54, 1.807) is 24.5 Å². The van der Waals surface area contributed by atoms with Gasteiger partial charge in [-0.3, -0.25) is 10.1 Å². The van der Waals surface area contributed by atoms with E-state index < -0.39 is 4.92 Å². The maximum absolute atomic E-state index is 10.5. The average molecular weight is 272 g/mol. The van der Waals surface area contributed by atoms with Gasteiger partial charge in [-0.05, 0) is 24.0 Å². The standard InChI is InChI=1S/C14H16N4O2/c1-2-11-9-16-14(17-10-11)15-8-7-12-3-5-13(6-4-12)18(19)20/h3-6,9-10H,2,7-8H2,1H3,(H,15,16,17). The van der Waals surface area contributed by atoms with Gasteiger partial charge in [-0.15, -0.1) is 0 Å². The van der Waals surface area contributed by atoms with E-state index in [0.29, 0.717) is 12.5 Å². The van der Waals surface area contributed by atoms with E-state index in [1.807, 2.05) is 0 Å². The maximum atomic E-state index is 10.5. The number of nitrogens with zero attached hydrogens (tertiary/aromatic N) is 3. The minimum Gasteiger partial charge on any atom is -0.354 e. The second kappa shape index (κ2) is 6.60. The molecule has 0 aliphatic heterocycles. The third-order valence-corrected chi connectivity index (χ3v) is 2.96. The first-order chi connectivity index (χ1) is 9.69. The van der Waals surface area contributed by atoms with Crippen molar-refractivity contribution in [2.45, 2.75) is 19.8 Å². The summed E-state index contributed by atoms with van der Waals surface area (Å²) in [6.45, 7) is 2.74. The zero-order valence-corrected chi connectivity index (χ0v) is 11.2. The molecule has 0 bridgehead atoms. The van der Waals surface area contributed by atoms with E-state index in [1.165, 1.54) is 12.1 Å². The molecule has 0 spiro atoms. The minimum absolute atomic E-state index is 0.111. The van der Waals surface area contributed by atoms with Crippen LogP contribution in [0.4, 0.5) is 11.6 Å². The molecule has 0 saturated heterocycles. The Labute approximate surface area is 117 Å². The summed E-state index contributed by atoms with van der Waals surface area (Å²) in [6, 6.07) is 6.56. The van der Waals surface area contributed by atoms with Crippen molar-refractivity contribution in [1.82, 2.24) is 9.97 Å². The lowest BCUT2D eigenvalue weighted by Gasteiger charge is -2.05. The molecule has 6 nitrogen and oxygen atoms in total. The second-order valence-corrected chi connectivity index (χ2v) is 4.37. The van der Waals surface area contributed by atoms with Crippen molar-refractivity contribution >= 4 is 11.6 Å². The molecule has 1 N–H and O–H groups in total. The second-order valence-electron chi connectivity index (χ2n) is 4.37. The van der Waals surface area contributed by atoms with E-state index in [4.69, 9.17) is 0 Å². The van der Waals surface area contributed by atoms with Gasteiger partial charge in [0.2, 0.25) is 5.95 Å². The van der Waals surface area contributed by atoms with Crippen molar-refractivity contribution in [3.8, 4) is 0 Å². The van der Waals surface area contributed by atoms with Crippen LogP contribution in [0.3, 0.4) is 0 Å². The number of nitro benzene ring substituents is 1. The van der Waals surface area contributed by atoms with Gasteiger partial charge in [0.15, 0.2) is 0 Å². The first kappa shape index (κ1) is 13.9. The van der Waals surface area contributed by atoms with Crippen molar-refractivity contribution < 1.29 is 4.92 Å². The Morgan fingerprint density at radius 2 is 1.80 bits per heavy atom. The van der Waals surface area contributed by atoms with E-state index >= 15 is 0 Å². The third kappa shape index (κ3) is 3.74. The zero-order valence-electron chi connectivity index (χ0n) is 11.2. The van der Waals surface area contributed by atoms with E-state index in [2.05, 4.69) is 22.2 Å². The Bertz CT molecular complexity index is 567. The fourth-order valence-electron chi connectivity index (χ4n) is 1.73. The number of aryl methyl sites for hydroxylation is 1. The van der Waals surface area contributed by atoms with Gasteiger partial charge in [-0.1, -0.05) is 19.1 Å². The van der Waals surface area contributed by atoms with Crippen LogP contribution in [0.5, 0.6) is 0 Å². The molecule has 2 aromatic rings. The van der Waals surface area contributed by atoms with Crippen molar-refractivity contribution in [3.63, 3.8) is 0 Å². The van der Waals surface area contributed by atoms with Crippen LogP contribution in [0.2, 0.25) is 0 Å². The predicted octanol–water partition coefficient (Wildman–Crippen LogP) is 2.60. The number of aromatic nitrogens is 2. The molecule has 0 saturated carbocycles. The van der Waals surface area contributed by atoms with Crippen molar-refractivity contribution in [2.75, 3.05) is 11.9 Å². The van der Waals surface area contributed by atoms with Gasteiger partial charge >= 0.3 is 0 Å². The summed E-state index contributed by atoms with van der Waals surface area (Å²) in [5.74, 6) is 0.601. The largest absolute Gasteiger partial charge is 0.354 e. The molecule has 1 aromatic carbocycles. The van der Waals surface area contributed by atoms with E-state index in [0.717, 1.165) is 24.0 Å².